The van der Waals surface area contributed by atoms with E-state index in [2.05, 4.69) is 37.3 Å². The van der Waals surface area contributed by atoms with Crippen LogP contribution >= 0.6 is 0 Å². The van der Waals surface area contributed by atoms with Gasteiger partial charge in [0, 0.05) is 12.3 Å². The van der Waals surface area contributed by atoms with E-state index in [0.29, 0.717) is 0 Å². The van der Waals surface area contributed by atoms with Crippen LogP contribution in [0.2, 0.25) is 0 Å². The summed E-state index contributed by atoms with van der Waals surface area (Å²) < 4.78 is 39.0. The fraction of sp³-hybridized carbons (Fsp3) is 0.500. The number of rotatable bonds is 2. The van der Waals surface area contributed by atoms with Gasteiger partial charge in [-0.3, -0.25) is 0 Å². The first-order valence-corrected chi connectivity index (χ1v) is 7.69. The van der Waals surface area contributed by atoms with Gasteiger partial charge in [-0.05, 0) is 23.4 Å². The van der Waals surface area contributed by atoms with Gasteiger partial charge >= 0.3 is 7.25 Å². The van der Waals surface area contributed by atoms with Gasteiger partial charge in [0.1, 0.15) is 17.3 Å². The van der Waals surface area contributed by atoms with Crippen LogP contribution in [0.4, 0.5) is 17.3 Å². The first-order chi connectivity index (χ1) is 8.40. The zero-order valence-electron chi connectivity index (χ0n) is 10.3. The third-order valence-corrected chi connectivity index (χ3v) is 5.37. The molecule has 2 atom stereocenters. The van der Waals surface area contributed by atoms with Crippen molar-refractivity contribution in [1.82, 2.24) is 0 Å². The minimum Gasteiger partial charge on any atom is -0.418 e. The Labute approximate surface area is 108 Å². The molecule has 0 spiro atoms. The van der Waals surface area contributed by atoms with E-state index in [1.165, 1.54) is 23.7 Å². The van der Waals surface area contributed by atoms with Crippen molar-refractivity contribution in [2.75, 3.05) is 17.3 Å². The van der Waals surface area contributed by atoms with E-state index in [9.17, 15) is 17.3 Å². The molecule has 0 amide bonds. The van der Waals surface area contributed by atoms with Crippen molar-refractivity contribution in [2.24, 2.45) is 0 Å². The fourth-order valence-electron chi connectivity index (χ4n) is 2.01. The van der Waals surface area contributed by atoms with Crippen LogP contribution in [0.15, 0.2) is 30.3 Å². The van der Waals surface area contributed by atoms with Gasteiger partial charge in [-0.2, -0.15) is 0 Å². The number of benzene rings is 1. The summed E-state index contributed by atoms with van der Waals surface area (Å²) in [4.78, 5) is 0. The van der Waals surface area contributed by atoms with Gasteiger partial charge < -0.3 is 17.3 Å². The van der Waals surface area contributed by atoms with Gasteiger partial charge in [0.05, 0.1) is 0 Å². The lowest BCUT2D eigenvalue weighted by atomic mass is 9.99. The zero-order valence-corrected chi connectivity index (χ0v) is 11.1. The maximum atomic E-state index is 9.75. The Balaban J connectivity index is 0.000000280. The number of hydrogen-bond acceptors (Lipinski definition) is 0. The molecule has 102 valence electrons. The lowest BCUT2D eigenvalue weighted by Gasteiger charge is -2.04. The highest BCUT2D eigenvalue weighted by atomic mass is 32.2. The third kappa shape index (κ3) is 6.33. The average Bonchev–Trinajstić information content (AvgIpc) is 2.76. The molecule has 0 bridgehead atoms. The highest BCUT2D eigenvalue weighted by Gasteiger charge is 2.31. The van der Waals surface area contributed by atoms with E-state index in [1.54, 1.807) is 5.56 Å². The Morgan fingerprint density at radius 3 is 2.17 bits per heavy atom. The van der Waals surface area contributed by atoms with Crippen molar-refractivity contribution < 1.29 is 17.3 Å². The molecule has 1 heterocycles. The summed E-state index contributed by atoms with van der Waals surface area (Å²) in [5.41, 5.74) is 1.56. The lowest BCUT2D eigenvalue weighted by Crippen LogP contribution is -2.07. The summed E-state index contributed by atoms with van der Waals surface area (Å²) >= 11 is 0. The molecule has 0 N–H and O–H groups in total. The van der Waals surface area contributed by atoms with Crippen molar-refractivity contribution in [2.45, 2.75) is 19.3 Å². The van der Waals surface area contributed by atoms with E-state index in [1.807, 2.05) is 0 Å². The minimum atomic E-state index is -6.00. The largest absolute Gasteiger partial charge is 0.673 e. The summed E-state index contributed by atoms with van der Waals surface area (Å²) in [6.45, 7) is 2.33. The lowest BCUT2D eigenvalue weighted by molar-refractivity contribution is 0.368. The maximum Gasteiger partial charge on any atom is 0.673 e. The molecule has 0 aliphatic carbocycles. The predicted molar refractivity (Wildman–Crippen MR) is 71.6 cm³/mol. The van der Waals surface area contributed by atoms with Crippen LogP contribution in [0, 0.1) is 0 Å². The van der Waals surface area contributed by atoms with Crippen LogP contribution in [0.5, 0.6) is 0 Å². The Kier molecular flexibility index (Phi) is 6.05. The summed E-state index contributed by atoms with van der Waals surface area (Å²) in [7, 11) is -5.26. The van der Waals surface area contributed by atoms with Gasteiger partial charge in [0.25, 0.3) is 0 Å². The highest BCUT2D eigenvalue weighted by Crippen LogP contribution is 2.29. The minimum absolute atomic E-state index is 0.735. The van der Waals surface area contributed by atoms with Gasteiger partial charge in [0.2, 0.25) is 0 Å². The van der Waals surface area contributed by atoms with Crippen molar-refractivity contribution in [3.8, 4) is 0 Å². The molecule has 0 saturated carbocycles. The molecule has 1 aliphatic rings. The molecule has 2 unspecified atom stereocenters. The first kappa shape index (κ1) is 15.4. The highest BCUT2D eigenvalue weighted by molar-refractivity contribution is 7.97. The standard InChI is InChI=1S/C12H17S.BF4/c1-2-13-9-8-12(10-13)11-6-4-3-5-7-11;2-1(3,4)5/h3-7,12H,2,8-10H2,1H3;/q+1;-1. The molecule has 1 aromatic rings. The Morgan fingerprint density at radius 2 is 1.72 bits per heavy atom. The summed E-state index contributed by atoms with van der Waals surface area (Å²) in [5.74, 6) is 5.17. The summed E-state index contributed by atoms with van der Waals surface area (Å²) in [5, 5.41) is 0. The van der Waals surface area contributed by atoms with E-state index in [0.717, 1.165) is 16.8 Å². The first-order valence-electron chi connectivity index (χ1n) is 5.96. The van der Waals surface area contributed by atoms with Crippen molar-refractivity contribution >= 4 is 18.1 Å². The Hall–Kier alpha value is -0.645. The van der Waals surface area contributed by atoms with E-state index in [4.69, 9.17) is 0 Å². The summed E-state index contributed by atoms with van der Waals surface area (Å²) in [6.07, 6.45) is 1.42. The molecular formula is C12H17BF4S. The smallest absolute Gasteiger partial charge is 0.418 e. The molecule has 0 radical (unpaired) electrons. The van der Waals surface area contributed by atoms with E-state index < -0.39 is 7.25 Å². The third-order valence-electron chi connectivity index (χ3n) is 2.87. The van der Waals surface area contributed by atoms with E-state index in [-0.39, 0.29) is 0 Å². The van der Waals surface area contributed by atoms with Gasteiger partial charge in [0.15, 0.2) is 0 Å². The van der Waals surface area contributed by atoms with Crippen LogP contribution in [0.25, 0.3) is 0 Å². The molecule has 0 nitrogen and oxygen atoms in total. The molecular weight excluding hydrogens is 263 g/mol. The molecule has 18 heavy (non-hydrogen) atoms. The van der Waals surface area contributed by atoms with Crippen LogP contribution in [-0.4, -0.2) is 24.5 Å². The second-order valence-corrected chi connectivity index (χ2v) is 6.71. The SMILES string of the molecule is CC[S+]1CCC(c2ccccc2)C1.F[B-](F)(F)F. The van der Waals surface area contributed by atoms with Gasteiger partial charge in [-0.1, -0.05) is 30.3 Å². The fourth-order valence-corrected chi connectivity index (χ4v) is 4.25. The quantitative estimate of drug-likeness (QED) is 0.434. The zero-order chi connectivity index (χ0) is 13.6. The van der Waals surface area contributed by atoms with Crippen LogP contribution in [-0.2, 0) is 10.9 Å². The monoisotopic (exact) mass is 280 g/mol. The topological polar surface area (TPSA) is 0 Å². The van der Waals surface area contributed by atoms with Crippen LogP contribution in [0.1, 0.15) is 24.8 Å². The van der Waals surface area contributed by atoms with Gasteiger partial charge in [-0.15, -0.1) is 0 Å². The van der Waals surface area contributed by atoms with Crippen LogP contribution < -0.4 is 0 Å². The molecule has 6 heteroatoms. The van der Waals surface area contributed by atoms with Crippen molar-refractivity contribution in [3.63, 3.8) is 0 Å². The number of hydrogen-bond donors (Lipinski definition) is 0. The Bertz CT molecular complexity index is 336. The Morgan fingerprint density at radius 1 is 1.17 bits per heavy atom. The van der Waals surface area contributed by atoms with Crippen LogP contribution in [0.3, 0.4) is 0 Å². The molecule has 2 rings (SSSR count). The molecule has 1 saturated heterocycles. The van der Waals surface area contributed by atoms with Gasteiger partial charge in [-0.25, -0.2) is 0 Å². The second-order valence-electron chi connectivity index (χ2n) is 4.16. The molecule has 1 aromatic carbocycles. The summed E-state index contributed by atoms with van der Waals surface area (Å²) in [6, 6.07) is 11.0. The molecule has 1 fully saturated rings. The maximum absolute atomic E-state index is 9.75. The van der Waals surface area contributed by atoms with Crippen molar-refractivity contribution in [1.29, 1.82) is 0 Å². The second kappa shape index (κ2) is 7.07. The number of halogens is 4. The molecule has 1 aliphatic heterocycles. The van der Waals surface area contributed by atoms with Crippen molar-refractivity contribution in [3.05, 3.63) is 35.9 Å². The predicted octanol–water partition coefficient (Wildman–Crippen LogP) is 4.11. The normalized spacial score (nSPS) is 23.4. The van der Waals surface area contributed by atoms with E-state index >= 15 is 0 Å². The molecule has 0 aromatic heterocycles. The average molecular weight is 280 g/mol.